The summed E-state index contributed by atoms with van der Waals surface area (Å²) < 4.78 is 10.2. The van der Waals surface area contributed by atoms with E-state index >= 15 is 0 Å². The molecule has 1 aromatic heterocycles. The highest BCUT2D eigenvalue weighted by molar-refractivity contribution is 5.85. The van der Waals surface area contributed by atoms with Crippen LogP contribution < -0.4 is 5.32 Å². The highest BCUT2D eigenvalue weighted by Gasteiger charge is 2.25. The molecule has 5 heteroatoms. The first-order valence-electron chi connectivity index (χ1n) is 6.19. The van der Waals surface area contributed by atoms with Crippen molar-refractivity contribution < 1.29 is 14.1 Å². The maximum Gasteiger partial charge on any atom is 0.418 e. The molecule has 0 bridgehead atoms. The summed E-state index contributed by atoms with van der Waals surface area (Å²) in [6.45, 7) is 14.9. The number of hydrogen-bond acceptors (Lipinski definition) is 4. The molecule has 0 aliphatic rings. The third kappa shape index (κ3) is 4.12. The Hall–Kier alpha value is -2.30. The predicted molar refractivity (Wildman–Crippen MR) is 78.5 cm³/mol. The van der Waals surface area contributed by atoms with Gasteiger partial charge in [-0.2, -0.15) is 0 Å². The van der Waals surface area contributed by atoms with Gasteiger partial charge in [-0.3, -0.25) is 5.32 Å². The largest absolute Gasteiger partial charge is 0.418 e. The molecular formula is C15H20N2O3. The van der Waals surface area contributed by atoms with Crippen LogP contribution in [0.2, 0.25) is 0 Å². The summed E-state index contributed by atoms with van der Waals surface area (Å²) >= 11 is 0. The number of carbonyl (C=O) groups is 1. The number of rotatable bonds is 4. The van der Waals surface area contributed by atoms with Crippen LogP contribution in [0.15, 0.2) is 41.7 Å². The molecule has 108 valence electrons. The molecule has 1 amide bonds. The zero-order chi connectivity index (χ0) is 15.3. The highest BCUT2D eigenvalue weighted by Crippen LogP contribution is 2.29. The maximum absolute atomic E-state index is 11.7. The quantitative estimate of drug-likeness (QED) is 0.664. The third-order valence-corrected chi connectivity index (χ3v) is 2.47. The lowest BCUT2D eigenvalue weighted by atomic mass is 9.91. The van der Waals surface area contributed by atoms with Gasteiger partial charge in [-0.15, -0.1) is 0 Å². The summed E-state index contributed by atoms with van der Waals surface area (Å²) in [5, 5.41) is 6.36. The fourth-order valence-corrected chi connectivity index (χ4v) is 1.60. The minimum Gasteiger partial charge on any atom is -0.411 e. The molecule has 5 nitrogen and oxygen atoms in total. The molecular weight excluding hydrogens is 256 g/mol. The lowest BCUT2D eigenvalue weighted by Gasteiger charge is -2.14. The Kier molecular flexibility index (Phi) is 4.91. The zero-order valence-corrected chi connectivity index (χ0v) is 12.3. The second kappa shape index (κ2) is 6.23. The van der Waals surface area contributed by atoms with Crippen molar-refractivity contribution >= 4 is 11.9 Å². The Morgan fingerprint density at radius 3 is 2.60 bits per heavy atom. The molecule has 0 unspecified atom stereocenters. The fraction of sp³-hybridized carbons (Fsp3) is 0.333. The fourth-order valence-electron chi connectivity index (χ4n) is 1.60. The SMILES string of the molecule is C=C/C=C\C(=C)OC(=O)Nc1noc(C(C)(C)C)c1C. The number of amides is 1. The van der Waals surface area contributed by atoms with Gasteiger partial charge in [-0.25, -0.2) is 4.79 Å². The van der Waals surface area contributed by atoms with E-state index in [2.05, 4.69) is 23.6 Å². The molecule has 1 heterocycles. The number of hydrogen-bond donors (Lipinski definition) is 1. The average molecular weight is 276 g/mol. The van der Waals surface area contributed by atoms with Gasteiger partial charge in [0, 0.05) is 11.0 Å². The summed E-state index contributed by atoms with van der Waals surface area (Å²) in [5.74, 6) is 1.28. The van der Waals surface area contributed by atoms with Crippen molar-refractivity contribution in [2.75, 3.05) is 5.32 Å². The monoisotopic (exact) mass is 276 g/mol. The van der Waals surface area contributed by atoms with E-state index in [0.717, 1.165) is 11.3 Å². The molecule has 0 aliphatic carbocycles. The second-order valence-corrected chi connectivity index (χ2v) is 5.31. The molecule has 0 aromatic carbocycles. The molecule has 0 saturated heterocycles. The lowest BCUT2D eigenvalue weighted by molar-refractivity contribution is 0.195. The molecule has 0 spiro atoms. The molecule has 0 radical (unpaired) electrons. The first-order chi connectivity index (χ1) is 9.25. The summed E-state index contributed by atoms with van der Waals surface area (Å²) in [7, 11) is 0. The van der Waals surface area contributed by atoms with Gasteiger partial charge < -0.3 is 9.26 Å². The van der Waals surface area contributed by atoms with E-state index in [4.69, 9.17) is 9.26 Å². The molecule has 0 saturated carbocycles. The highest BCUT2D eigenvalue weighted by atomic mass is 16.6. The van der Waals surface area contributed by atoms with Gasteiger partial charge in [0.1, 0.15) is 11.5 Å². The van der Waals surface area contributed by atoms with E-state index < -0.39 is 6.09 Å². The Balaban J connectivity index is 2.73. The van der Waals surface area contributed by atoms with Crippen LogP contribution in [0, 0.1) is 6.92 Å². The van der Waals surface area contributed by atoms with Crippen molar-refractivity contribution in [1.29, 1.82) is 0 Å². The third-order valence-electron chi connectivity index (χ3n) is 2.47. The second-order valence-electron chi connectivity index (χ2n) is 5.31. The van der Waals surface area contributed by atoms with Crippen LogP contribution in [0.25, 0.3) is 0 Å². The van der Waals surface area contributed by atoms with Crippen LogP contribution in [0.5, 0.6) is 0 Å². The number of nitrogens with zero attached hydrogens (tertiary/aromatic N) is 1. The number of nitrogens with one attached hydrogen (secondary N) is 1. The van der Waals surface area contributed by atoms with E-state index in [1.165, 1.54) is 6.08 Å². The topological polar surface area (TPSA) is 64.4 Å². The van der Waals surface area contributed by atoms with Crippen LogP contribution in [0.1, 0.15) is 32.1 Å². The summed E-state index contributed by atoms with van der Waals surface area (Å²) in [6.07, 6.45) is 4.04. The standard InChI is InChI=1S/C15H20N2O3/c1-7-8-9-10(2)19-14(18)16-13-11(3)12(20-17-13)15(4,5)6/h7-9H,1-2H2,3-6H3,(H,16,17,18)/b9-8-. The maximum atomic E-state index is 11.7. The Labute approximate surface area is 119 Å². The van der Waals surface area contributed by atoms with E-state index in [-0.39, 0.29) is 11.2 Å². The minimum absolute atomic E-state index is 0.183. The van der Waals surface area contributed by atoms with Crippen molar-refractivity contribution in [2.45, 2.75) is 33.1 Å². The van der Waals surface area contributed by atoms with Gasteiger partial charge in [-0.05, 0) is 13.0 Å². The van der Waals surface area contributed by atoms with Crippen LogP contribution in [-0.2, 0) is 10.2 Å². The smallest absolute Gasteiger partial charge is 0.411 e. The van der Waals surface area contributed by atoms with E-state index in [1.807, 2.05) is 27.7 Å². The van der Waals surface area contributed by atoms with Gasteiger partial charge in [0.15, 0.2) is 5.82 Å². The summed E-state index contributed by atoms with van der Waals surface area (Å²) in [5.41, 5.74) is 0.596. The summed E-state index contributed by atoms with van der Waals surface area (Å²) in [4.78, 5) is 11.7. The first kappa shape index (κ1) is 15.8. The van der Waals surface area contributed by atoms with Gasteiger partial charge in [0.05, 0.1) is 0 Å². The Bertz CT molecular complexity index is 548. The van der Waals surface area contributed by atoms with Crippen molar-refractivity contribution in [3.05, 3.63) is 48.5 Å². The van der Waals surface area contributed by atoms with Crippen LogP contribution in [0.3, 0.4) is 0 Å². The number of carbonyl (C=O) groups excluding carboxylic acids is 1. The Morgan fingerprint density at radius 1 is 1.45 bits per heavy atom. The molecule has 0 aliphatic heterocycles. The zero-order valence-electron chi connectivity index (χ0n) is 12.3. The predicted octanol–water partition coefficient (Wildman–Crippen LogP) is 4.08. The first-order valence-corrected chi connectivity index (χ1v) is 6.19. The van der Waals surface area contributed by atoms with Crippen molar-refractivity contribution in [3.8, 4) is 0 Å². The van der Waals surface area contributed by atoms with E-state index in [1.54, 1.807) is 12.2 Å². The van der Waals surface area contributed by atoms with Crippen molar-refractivity contribution in [3.63, 3.8) is 0 Å². The normalized spacial score (nSPS) is 11.4. The van der Waals surface area contributed by atoms with Gasteiger partial charge >= 0.3 is 6.09 Å². The van der Waals surface area contributed by atoms with Gasteiger partial charge in [0.25, 0.3) is 0 Å². The average Bonchev–Trinajstić information content (AvgIpc) is 2.68. The molecule has 0 fully saturated rings. The molecule has 1 rings (SSSR count). The number of aromatic nitrogens is 1. The summed E-state index contributed by atoms with van der Waals surface area (Å²) in [6, 6.07) is 0. The number of anilines is 1. The lowest BCUT2D eigenvalue weighted by Crippen LogP contribution is -2.15. The van der Waals surface area contributed by atoms with Crippen molar-refractivity contribution in [2.24, 2.45) is 0 Å². The van der Waals surface area contributed by atoms with Gasteiger partial charge in [-0.1, -0.05) is 51.2 Å². The molecule has 1 aromatic rings. The van der Waals surface area contributed by atoms with E-state index in [0.29, 0.717) is 5.82 Å². The van der Waals surface area contributed by atoms with Crippen LogP contribution in [0.4, 0.5) is 10.6 Å². The van der Waals surface area contributed by atoms with E-state index in [9.17, 15) is 4.79 Å². The van der Waals surface area contributed by atoms with Crippen molar-refractivity contribution in [1.82, 2.24) is 5.16 Å². The van der Waals surface area contributed by atoms with Crippen LogP contribution >= 0.6 is 0 Å². The van der Waals surface area contributed by atoms with Gasteiger partial charge in [0.2, 0.25) is 0 Å². The molecule has 20 heavy (non-hydrogen) atoms. The number of ether oxygens (including phenoxy) is 1. The Morgan fingerprint density at radius 2 is 2.10 bits per heavy atom. The number of allylic oxidation sites excluding steroid dienone is 3. The molecule has 0 atom stereocenters. The van der Waals surface area contributed by atoms with Crippen LogP contribution in [-0.4, -0.2) is 11.2 Å². The minimum atomic E-state index is -0.666. The molecule has 1 N–H and O–H groups in total.